The molecule has 0 unspecified atom stereocenters. The van der Waals surface area contributed by atoms with Gasteiger partial charge in [-0.05, 0) is 13.0 Å². The van der Waals surface area contributed by atoms with Gasteiger partial charge in [-0.15, -0.1) is 0 Å². The van der Waals surface area contributed by atoms with Crippen molar-refractivity contribution in [3.8, 4) is 11.9 Å². The maximum Gasteiger partial charge on any atom is 0.397 e. The van der Waals surface area contributed by atoms with Crippen molar-refractivity contribution in [2.45, 2.75) is 13.0 Å². The van der Waals surface area contributed by atoms with Crippen molar-refractivity contribution in [1.29, 1.82) is 5.26 Å². The zero-order valence-corrected chi connectivity index (χ0v) is 10.9. The molecule has 1 aliphatic rings. The highest BCUT2D eigenvalue weighted by molar-refractivity contribution is 6.32. The Kier molecular flexibility index (Phi) is 4.15. The summed E-state index contributed by atoms with van der Waals surface area (Å²) in [6.07, 6.45) is 1.21. The standard InChI is InChI=1S/C13H13N3O4/c1-2-19-13(18)12(17)16-7-10(8-16)20-11-4-3-9(5-14)6-15-11/h3-4,6,10H,2,7-8H2,1H3. The van der Waals surface area contributed by atoms with Gasteiger partial charge in [-0.1, -0.05) is 0 Å². The molecule has 0 spiro atoms. The number of hydrogen-bond donors (Lipinski definition) is 0. The van der Waals surface area contributed by atoms with Crippen molar-refractivity contribution in [2.75, 3.05) is 19.7 Å². The zero-order chi connectivity index (χ0) is 14.5. The molecule has 1 aromatic rings. The highest BCUT2D eigenvalue weighted by atomic mass is 16.5. The Morgan fingerprint density at radius 2 is 2.25 bits per heavy atom. The van der Waals surface area contributed by atoms with Gasteiger partial charge in [-0.3, -0.25) is 4.79 Å². The first-order valence-corrected chi connectivity index (χ1v) is 6.13. The van der Waals surface area contributed by atoms with Gasteiger partial charge in [0.2, 0.25) is 5.88 Å². The number of carbonyl (C=O) groups is 2. The van der Waals surface area contributed by atoms with Crippen molar-refractivity contribution < 1.29 is 19.1 Å². The van der Waals surface area contributed by atoms with E-state index in [9.17, 15) is 9.59 Å². The summed E-state index contributed by atoms with van der Waals surface area (Å²) in [7, 11) is 0. The van der Waals surface area contributed by atoms with Crippen LogP contribution < -0.4 is 4.74 Å². The molecule has 7 nitrogen and oxygen atoms in total. The van der Waals surface area contributed by atoms with Crippen LogP contribution in [0.3, 0.4) is 0 Å². The Bertz CT molecular complexity index is 544. The summed E-state index contributed by atoms with van der Waals surface area (Å²) in [6, 6.07) is 5.15. The lowest BCUT2D eigenvalue weighted by Gasteiger charge is -2.37. The van der Waals surface area contributed by atoms with Crippen LogP contribution in [-0.2, 0) is 14.3 Å². The smallest absolute Gasteiger partial charge is 0.397 e. The van der Waals surface area contributed by atoms with Crippen LogP contribution in [0.15, 0.2) is 18.3 Å². The number of ether oxygens (including phenoxy) is 2. The van der Waals surface area contributed by atoms with Gasteiger partial charge in [0.15, 0.2) is 0 Å². The van der Waals surface area contributed by atoms with E-state index in [-0.39, 0.29) is 12.7 Å². The minimum Gasteiger partial charge on any atom is -0.471 e. The van der Waals surface area contributed by atoms with E-state index in [4.69, 9.17) is 10.00 Å². The number of likely N-dealkylation sites (tertiary alicyclic amines) is 1. The number of esters is 1. The second-order valence-electron chi connectivity index (χ2n) is 4.17. The molecule has 104 valence electrons. The van der Waals surface area contributed by atoms with Gasteiger partial charge in [0.25, 0.3) is 0 Å². The molecule has 0 bridgehead atoms. The number of hydrogen-bond acceptors (Lipinski definition) is 6. The molecule has 2 heterocycles. The zero-order valence-electron chi connectivity index (χ0n) is 10.9. The Morgan fingerprint density at radius 3 is 2.80 bits per heavy atom. The molecule has 0 atom stereocenters. The van der Waals surface area contributed by atoms with Crippen LogP contribution in [0.25, 0.3) is 0 Å². The Morgan fingerprint density at radius 1 is 1.50 bits per heavy atom. The lowest BCUT2D eigenvalue weighted by atomic mass is 10.1. The predicted octanol–water partition coefficient (Wildman–Crippen LogP) is 0.106. The summed E-state index contributed by atoms with van der Waals surface area (Å²) in [4.78, 5) is 28.1. The average Bonchev–Trinajstić information content (AvgIpc) is 2.42. The van der Waals surface area contributed by atoms with Crippen LogP contribution in [0.5, 0.6) is 5.88 Å². The van der Waals surface area contributed by atoms with Crippen molar-refractivity contribution in [1.82, 2.24) is 9.88 Å². The molecular weight excluding hydrogens is 262 g/mol. The third kappa shape index (κ3) is 3.03. The van der Waals surface area contributed by atoms with Crippen molar-refractivity contribution in [3.63, 3.8) is 0 Å². The van der Waals surface area contributed by atoms with E-state index in [1.165, 1.54) is 11.1 Å². The fourth-order valence-electron chi connectivity index (χ4n) is 1.69. The van der Waals surface area contributed by atoms with Crippen LogP contribution in [0.4, 0.5) is 0 Å². The van der Waals surface area contributed by atoms with Crippen LogP contribution in [0.2, 0.25) is 0 Å². The molecule has 1 aromatic heterocycles. The van der Waals surface area contributed by atoms with E-state index in [1.54, 1.807) is 19.1 Å². The summed E-state index contributed by atoms with van der Waals surface area (Å²) in [6.45, 7) is 2.45. The number of amides is 1. The summed E-state index contributed by atoms with van der Waals surface area (Å²) in [5, 5.41) is 8.64. The quantitative estimate of drug-likeness (QED) is 0.574. The van der Waals surface area contributed by atoms with Gasteiger partial charge in [-0.2, -0.15) is 5.26 Å². The molecule has 7 heteroatoms. The molecule has 1 fully saturated rings. The number of aromatic nitrogens is 1. The van der Waals surface area contributed by atoms with Gasteiger partial charge in [0, 0.05) is 12.3 Å². The highest BCUT2D eigenvalue weighted by Gasteiger charge is 2.36. The van der Waals surface area contributed by atoms with Crippen LogP contribution in [0, 0.1) is 11.3 Å². The molecule has 1 saturated heterocycles. The van der Waals surface area contributed by atoms with Crippen LogP contribution >= 0.6 is 0 Å². The number of nitriles is 1. The third-order valence-electron chi connectivity index (χ3n) is 2.74. The second-order valence-corrected chi connectivity index (χ2v) is 4.17. The summed E-state index contributed by atoms with van der Waals surface area (Å²) < 4.78 is 10.1. The normalized spacial score (nSPS) is 14.1. The topological polar surface area (TPSA) is 92.5 Å². The first-order chi connectivity index (χ1) is 9.63. The van der Waals surface area contributed by atoms with Gasteiger partial charge in [-0.25, -0.2) is 9.78 Å². The Balaban J connectivity index is 1.80. The molecule has 20 heavy (non-hydrogen) atoms. The van der Waals surface area contributed by atoms with Crippen molar-refractivity contribution in [2.24, 2.45) is 0 Å². The van der Waals surface area contributed by atoms with Crippen LogP contribution in [-0.4, -0.2) is 47.6 Å². The van der Waals surface area contributed by atoms with Gasteiger partial charge in [0.05, 0.1) is 25.3 Å². The maximum absolute atomic E-state index is 11.5. The molecule has 2 rings (SSSR count). The molecular formula is C13H13N3O4. The molecule has 0 aliphatic carbocycles. The molecule has 0 radical (unpaired) electrons. The van der Waals surface area contributed by atoms with E-state index >= 15 is 0 Å². The highest BCUT2D eigenvalue weighted by Crippen LogP contribution is 2.16. The number of carbonyl (C=O) groups excluding carboxylic acids is 2. The largest absolute Gasteiger partial charge is 0.471 e. The molecule has 1 aliphatic heterocycles. The minimum atomic E-state index is -0.845. The second kappa shape index (κ2) is 6.02. The van der Waals surface area contributed by atoms with Gasteiger partial charge >= 0.3 is 11.9 Å². The van der Waals surface area contributed by atoms with E-state index in [0.717, 1.165) is 0 Å². The predicted molar refractivity (Wildman–Crippen MR) is 66.6 cm³/mol. The minimum absolute atomic E-state index is 0.174. The lowest BCUT2D eigenvalue weighted by Crippen LogP contribution is -2.58. The summed E-state index contributed by atoms with van der Waals surface area (Å²) in [5.74, 6) is -1.11. The Hall–Kier alpha value is -2.62. The monoisotopic (exact) mass is 275 g/mol. The molecule has 0 aromatic carbocycles. The summed E-state index contributed by atoms with van der Waals surface area (Å²) in [5.41, 5.74) is 0.449. The van der Waals surface area contributed by atoms with Gasteiger partial charge < -0.3 is 14.4 Å². The first kappa shape index (κ1) is 13.8. The number of rotatable bonds is 3. The van der Waals surface area contributed by atoms with E-state index in [2.05, 4.69) is 9.72 Å². The Labute approximate surface area is 115 Å². The average molecular weight is 275 g/mol. The third-order valence-corrected chi connectivity index (χ3v) is 2.74. The lowest BCUT2D eigenvalue weighted by molar-refractivity contribution is -0.164. The van der Waals surface area contributed by atoms with E-state index < -0.39 is 11.9 Å². The first-order valence-electron chi connectivity index (χ1n) is 6.13. The molecule has 1 amide bonds. The summed E-state index contributed by atoms with van der Waals surface area (Å²) >= 11 is 0. The number of pyridine rings is 1. The van der Waals surface area contributed by atoms with Gasteiger partial charge in [0.1, 0.15) is 12.2 Å². The molecule has 0 N–H and O–H groups in total. The van der Waals surface area contributed by atoms with Crippen molar-refractivity contribution in [3.05, 3.63) is 23.9 Å². The van der Waals surface area contributed by atoms with Crippen molar-refractivity contribution >= 4 is 11.9 Å². The fraction of sp³-hybridized carbons (Fsp3) is 0.385. The fourth-order valence-corrected chi connectivity index (χ4v) is 1.69. The number of nitrogens with zero attached hydrogens (tertiary/aromatic N) is 3. The maximum atomic E-state index is 11.5. The SMILES string of the molecule is CCOC(=O)C(=O)N1CC(Oc2ccc(C#N)cn2)C1. The molecule has 0 saturated carbocycles. The van der Waals surface area contributed by atoms with E-state index in [0.29, 0.717) is 24.5 Å². The van der Waals surface area contributed by atoms with E-state index in [1.807, 2.05) is 6.07 Å². The van der Waals surface area contributed by atoms with Crippen LogP contribution in [0.1, 0.15) is 12.5 Å².